The Balaban J connectivity index is 1.29. The zero-order valence-electron chi connectivity index (χ0n) is 21.6. The molecule has 3 aliphatic rings. The molecule has 2 N–H and O–H groups in total. The molecule has 0 saturated heterocycles. The van der Waals surface area contributed by atoms with Gasteiger partial charge in [-0.25, -0.2) is 0 Å². The number of halogens is 6. The van der Waals surface area contributed by atoms with E-state index in [1.165, 1.54) is 6.92 Å². The van der Waals surface area contributed by atoms with Crippen LogP contribution in [-0.2, 0) is 23.6 Å². The molecule has 5 rings (SSSR count). The van der Waals surface area contributed by atoms with Gasteiger partial charge in [0, 0.05) is 24.9 Å². The van der Waals surface area contributed by atoms with Gasteiger partial charge in [-0.2, -0.15) is 26.3 Å². The number of alkyl halides is 6. The lowest BCUT2D eigenvalue weighted by molar-refractivity contribution is -0.142. The molecule has 0 aromatic heterocycles. The minimum Gasteiger partial charge on any atom is -0.487 e. The van der Waals surface area contributed by atoms with Crippen LogP contribution in [-0.4, -0.2) is 22.7 Å². The minimum absolute atomic E-state index is 0.0961. The first-order chi connectivity index (χ1) is 18.2. The molecule has 1 aliphatic heterocycles. The van der Waals surface area contributed by atoms with Crippen LogP contribution in [0.5, 0.6) is 5.75 Å². The molecule has 0 unspecified atom stereocenters. The molecule has 2 aromatic rings. The third kappa shape index (κ3) is 5.62. The van der Waals surface area contributed by atoms with Crippen molar-refractivity contribution in [3.63, 3.8) is 0 Å². The first-order valence-corrected chi connectivity index (χ1v) is 13.3. The first-order valence-electron chi connectivity index (χ1n) is 13.3. The van der Waals surface area contributed by atoms with Gasteiger partial charge < -0.3 is 15.2 Å². The minimum atomic E-state index is -4.78. The molecule has 1 heterocycles. The van der Waals surface area contributed by atoms with Crippen LogP contribution in [0.2, 0.25) is 0 Å². The van der Waals surface area contributed by atoms with Gasteiger partial charge in [-0.15, -0.1) is 0 Å². The molecule has 0 radical (unpaired) electrons. The third-order valence-corrected chi connectivity index (χ3v) is 8.58. The zero-order valence-corrected chi connectivity index (χ0v) is 21.6. The van der Waals surface area contributed by atoms with E-state index in [2.05, 4.69) is 5.32 Å². The van der Waals surface area contributed by atoms with Crippen LogP contribution in [0, 0.1) is 11.8 Å². The van der Waals surface area contributed by atoms with Crippen molar-refractivity contribution in [3.8, 4) is 5.75 Å². The van der Waals surface area contributed by atoms with Gasteiger partial charge in [-0.1, -0.05) is 19.1 Å². The Kier molecular flexibility index (Phi) is 6.92. The van der Waals surface area contributed by atoms with E-state index in [0.717, 1.165) is 36.8 Å². The van der Waals surface area contributed by atoms with Gasteiger partial charge in [0.15, 0.2) is 0 Å². The summed E-state index contributed by atoms with van der Waals surface area (Å²) >= 11 is 0. The van der Waals surface area contributed by atoms with Gasteiger partial charge in [-0.3, -0.25) is 4.79 Å². The second kappa shape index (κ2) is 9.71. The van der Waals surface area contributed by atoms with Crippen molar-refractivity contribution < 1.29 is 41.0 Å². The highest BCUT2D eigenvalue weighted by molar-refractivity contribution is 5.71. The SMILES string of the molecule is C[C@H](C(=O)O)[C@H](c1ccc2c(c1)OC1(CC2)CC(N[C@H](C)c2cc(C(F)(F)F)ccc2C(F)(F)F)C1)C1CC1. The molecular formula is C29H31F6NO3. The average Bonchev–Trinajstić information content (AvgIpc) is 3.66. The van der Waals surface area contributed by atoms with Crippen molar-refractivity contribution >= 4 is 5.97 Å². The maximum atomic E-state index is 13.6. The van der Waals surface area contributed by atoms with Gasteiger partial charge in [0.25, 0.3) is 0 Å². The molecule has 39 heavy (non-hydrogen) atoms. The van der Waals surface area contributed by atoms with E-state index in [-0.39, 0.29) is 12.0 Å². The molecule has 10 heteroatoms. The maximum absolute atomic E-state index is 13.6. The summed E-state index contributed by atoms with van der Waals surface area (Å²) in [5, 5.41) is 12.7. The predicted octanol–water partition coefficient (Wildman–Crippen LogP) is 7.52. The molecule has 2 aromatic carbocycles. The Morgan fingerprint density at radius 1 is 1.03 bits per heavy atom. The third-order valence-electron chi connectivity index (χ3n) is 8.58. The number of benzene rings is 2. The average molecular weight is 556 g/mol. The van der Waals surface area contributed by atoms with Crippen molar-refractivity contribution in [1.29, 1.82) is 0 Å². The number of carbonyl (C=O) groups is 1. The lowest BCUT2D eigenvalue weighted by Gasteiger charge is -2.51. The summed E-state index contributed by atoms with van der Waals surface area (Å²) in [6, 6.07) is 6.30. The molecule has 1 spiro atoms. The van der Waals surface area contributed by atoms with Crippen molar-refractivity contribution in [2.24, 2.45) is 11.8 Å². The summed E-state index contributed by atoms with van der Waals surface area (Å²) in [7, 11) is 0. The Labute approximate surface area is 222 Å². The van der Waals surface area contributed by atoms with Crippen LogP contribution in [0.4, 0.5) is 26.3 Å². The summed E-state index contributed by atoms with van der Waals surface area (Å²) in [6.07, 6.45) is -5.02. The number of ether oxygens (including phenoxy) is 1. The van der Waals surface area contributed by atoms with Crippen LogP contribution in [0.25, 0.3) is 0 Å². The Hall–Kier alpha value is -2.75. The van der Waals surface area contributed by atoms with Gasteiger partial charge in [0.2, 0.25) is 0 Å². The number of hydrogen-bond donors (Lipinski definition) is 2. The topological polar surface area (TPSA) is 58.6 Å². The van der Waals surface area contributed by atoms with Crippen LogP contribution in [0.1, 0.15) is 85.7 Å². The van der Waals surface area contributed by atoms with Crippen LogP contribution < -0.4 is 10.1 Å². The van der Waals surface area contributed by atoms with Crippen molar-refractivity contribution in [3.05, 3.63) is 64.2 Å². The molecule has 4 nitrogen and oxygen atoms in total. The fourth-order valence-electron chi connectivity index (χ4n) is 6.35. The van der Waals surface area contributed by atoms with Gasteiger partial charge in [-0.05, 0) is 85.4 Å². The highest BCUT2D eigenvalue weighted by atomic mass is 19.4. The summed E-state index contributed by atoms with van der Waals surface area (Å²) in [5.74, 6) is -0.405. The lowest BCUT2D eigenvalue weighted by atomic mass is 9.70. The molecule has 212 valence electrons. The zero-order chi connectivity index (χ0) is 28.3. The normalized spacial score (nSPS) is 25.3. The molecule has 2 aliphatic carbocycles. The molecule has 2 fully saturated rings. The molecular weight excluding hydrogens is 524 g/mol. The number of carboxylic acid groups (broad SMARTS) is 1. The van der Waals surface area contributed by atoms with E-state index in [4.69, 9.17) is 4.74 Å². The summed E-state index contributed by atoms with van der Waals surface area (Å²) in [4.78, 5) is 11.7. The summed E-state index contributed by atoms with van der Waals surface area (Å²) in [5.41, 5.74) is -1.16. The van der Waals surface area contributed by atoms with Crippen LogP contribution >= 0.6 is 0 Å². The van der Waals surface area contributed by atoms with Gasteiger partial charge in [0.1, 0.15) is 11.4 Å². The van der Waals surface area contributed by atoms with Crippen molar-refractivity contribution in [2.45, 2.75) is 88.3 Å². The Bertz CT molecular complexity index is 1250. The van der Waals surface area contributed by atoms with Crippen molar-refractivity contribution in [1.82, 2.24) is 5.32 Å². The fourth-order valence-corrected chi connectivity index (χ4v) is 6.35. The number of nitrogens with one attached hydrogen (secondary N) is 1. The molecule has 2 saturated carbocycles. The van der Waals surface area contributed by atoms with E-state index in [9.17, 15) is 36.2 Å². The lowest BCUT2D eigenvalue weighted by Crippen LogP contribution is -2.58. The number of aryl methyl sites for hydroxylation is 1. The summed E-state index contributed by atoms with van der Waals surface area (Å²) < 4.78 is 86.8. The van der Waals surface area contributed by atoms with Crippen LogP contribution in [0.15, 0.2) is 36.4 Å². The van der Waals surface area contributed by atoms with Gasteiger partial charge in [0.05, 0.1) is 17.0 Å². The maximum Gasteiger partial charge on any atom is 0.416 e. The van der Waals surface area contributed by atoms with E-state index in [1.807, 2.05) is 18.2 Å². The van der Waals surface area contributed by atoms with Crippen molar-refractivity contribution in [2.75, 3.05) is 0 Å². The Morgan fingerprint density at radius 2 is 1.72 bits per heavy atom. The number of fused-ring (bicyclic) bond motifs is 1. The predicted molar refractivity (Wildman–Crippen MR) is 131 cm³/mol. The summed E-state index contributed by atoms with van der Waals surface area (Å²) in [6.45, 7) is 3.17. The molecule has 3 atom stereocenters. The number of rotatable bonds is 7. The number of carboxylic acids is 1. The smallest absolute Gasteiger partial charge is 0.416 e. The second-order valence-corrected chi connectivity index (χ2v) is 11.4. The standard InChI is InChI=1S/C29H31F6NO3/c1-15(26(37)38)25(18-4-5-18)19-6-3-17-9-10-27(39-24(17)11-19)13-21(14-27)36-16(2)22-12-20(28(30,31)32)7-8-23(22)29(33,34)35/h3,6-8,11-12,15-16,18,21,25,36H,4-5,9-10,13-14H2,1-2H3,(H,37,38)/t15-,16+,21?,25-,27?/m0/s1. The first kappa shape index (κ1) is 27.8. The molecule has 0 bridgehead atoms. The van der Waals surface area contributed by atoms with Gasteiger partial charge >= 0.3 is 18.3 Å². The van der Waals surface area contributed by atoms with E-state index in [0.29, 0.717) is 42.7 Å². The Morgan fingerprint density at radius 3 is 2.31 bits per heavy atom. The van der Waals surface area contributed by atoms with Crippen LogP contribution in [0.3, 0.4) is 0 Å². The second-order valence-electron chi connectivity index (χ2n) is 11.4. The molecule has 0 amide bonds. The number of hydrogen-bond acceptors (Lipinski definition) is 3. The quantitative estimate of drug-likeness (QED) is 0.347. The largest absolute Gasteiger partial charge is 0.487 e. The highest BCUT2D eigenvalue weighted by Crippen LogP contribution is 2.50. The highest BCUT2D eigenvalue weighted by Gasteiger charge is 2.49. The fraction of sp³-hybridized carbons (Fsp3) is 0.552. The van der Waals surface area contributed by atoms with E-state index in [1.54, 1.807) is 6.92 Å². The van der Waals surface area contributed by atoms with E-state index < -0.39 is 52.6 Å². The number of aliphatic carboxylic acids is 1. The van der Waals surface area contributed by atoms with E-state index >= 15 is 0 Å². The monoisotopic (exact) mass is 555 g/mol.